The molecule has 1 aromatic carbocycles. The van der Waals surface area contributed by atoms with Gasteiger partial charge in [0.25, 0.3) is 0 Å². The molecular formula is C18H23ClF3NO3. The Morgan fingerprint density at radius 3 is 2.54 bits per heavy atom. The lowest BCUT2D eigenvalue weighted by Crippen LogP contribution is -2.43. The molecule has 4 nitrogen and oxygen atoms in total. The van der Waals surface area contributed by atoms with Gasteiger partial charge in [0.05, 0.1) is 23.8 Å². The maximum absolute atomic E-state index is 13.3. The normalized spacial score (nSPS) is 22.2. The van der Waals surface area contributed by atoms with Crippen molar-refractivity contribution in [3.05, 3.63) is 34.3 Å². The van der Waals surface area contributed by atoms with Gasteiger partial charge < -0.3 is 14.8 Å². The molecule has 0 bridgehead atoms. The second kappa shape index (κ2) is 7.64. The van der Waals surface area contributed by atoms with E-state index < -0.39 is 41.7 Å². The first-order chi connectivity index (χ1) is 11.9. The van der Waals surface area contributed by atoms with E-state index in [-0.39, 0.29) is 10.6 Å². The van der Waals surface area contributed by atoms with Crippen LogP contribution in [0.2, 0.25) is 5.02 Å². The van der Waals surface area contributed by atoms with Gasteiger partial charge in [0.15, 0.2) is 0 Å². The second-order valence-electron chi connectivity index (χ2n) is 7.40. The minimum atomic E-state index is -4.51. The highest BCUT2D eigenvalue weighted by molar-refractivity contribution is 6.30. The Hall–Kier alpha value is -1.47. The largest absolute Gasteiger partial charge is 0.444 e. The van der Waals surface area contributed by atoms with Gasteiger partial charge in [-0.25, -0.2) is 4.79 Å². The molecular weight excluding hydrogens is 371 g/mol. The molecule has 0 aliphatic carbocycles. The highest BCUT2D eigenvalue weighted by Gasteiger charge is 2.39. The van der Waals surface area contributed by atoms with E-state index in [1.54, 1.807) is 27.7 Å². The van der Waals surface area contributed by atoms with E-state index in [2.05, 4.69) is 5.32 Å². The van der Waals surface area contributed by atoms with Crippen molar-refractivity contribution < 1.29 is 27.4 Å². The highest BCUT2D eigenvalue weighted by Crippen LogP contribution is 2.42. The number of nitrogens with one attached hydrogen (secondary N) is 1. The number of carbonyl (C=O) groups is 1. The molecule has 0 spiro atoms. The number of carbonyl (C=O) groups excluding carboxylic acids is 1. The Bertz CT molecular complexity index is 658. The quantitative estimate of drug-likeness (QED) is 0.738. The number of benzene rings is 1. The van der Waals surface area contributed by atoms with Crippen LogP contribution < -0.4 is 5.32 Å². The third kappa shape index (κ3) is 5.51. The fourth-order valence-electron chi connectivity index (χ4n) is 2.90. The summed E-state index contributed by atoms with van der Waals surface area (Å²) in [6.07, 6.45) is -5.24. The number of halogens is 4. The first-order valence-corrected chi connectivity index (χ1v) is 8.76. The van der Waals surface area contributed by atoms with Crippen molar-refractivity contribution in [2.45, 2.75) is 70.6 Å². The molecule has 1 heterocycles. The van der Waals surface area contributed by atoms with Crippen LogP contribution in [0.5, 0.6) is 0 Å². The number of amides is 1. The topological polar surface area (TPSA) is 47.6 Å². The second-order valence-corrected chi connectivity index (χ2v) is 7.84. The van der Waals surface area contributed by atoms with Gasteiger partial charge in [-0.15, -0.1) is 0 Å². The summed E-state index contributed by atoms with van der Waals surface area (Å²) in [6, 6.07) is 3.29. The van der Waals surface area contributed by atoms with Crippen LogP contribution in [-0.2, 0) is 15.7 Å². The van der Waals surface area contributed by atoms with Crippen molar-refractivity contribution in [3.8, 4) is 0 Å². The number of alkyl carbamates (subject to hydrolysis) is 1. The average Bonchev–Trinajstić information content (AvgIpc) is 2.93. The van der Waals surface area contributed by atoms with E-state index in [1.165, 1.54) is 12.1 Å². The van der Waals surface area contributed by atoms with E-state index in [9.17, 15) is 18.0 Å². The molecule has 1 aliphatic rings. The van der Waals surface area contributed by atoms with Crippen molar-refractivity contribution in [1.82, 2.24) is 5.32 Å². The van der Waals surface area contributed by atoms with Crippen LogP contribution in [0.1, 0.15) is 57.8 Å². The summed E-state index contributed by atoms with van der Waals surface area (Å²) < 4.78 is 50.8. The van der Waals surface area contributed by atoms with Crippen LogP contribution in [0, 0.1) is 0 Å². The molecule has 1 aromatic rings. The van der Waals surface area contributed by atoms with Crippen LogP contribution in [-0.4, -0.2) is 23.8 Å². The van der Waals surface area contributed by atoms with Crippen LogP contribution in [0.25, 0.3) is 0 Å². The minimum Gasteiger partial charge on any atom is -0.444 e. The zero-order valence-corrected chi connectivity index (χ0v) is 15.9. The van der Waals surface area contributed by atoms with Crippen LogP contribution in [0.3, 0.4) is 0 Å². The van der Waals surface area contributed by atoms with Crippen LogP contribution in [0.4, 0.5) is 18.0 Å². The molecule has 0 saturated carbocycles. The lowest BCUT2D eigenvalue weighted by atomic mass is 9.99. The maximum atomic E-state index is 13.3. The summed E-state index contributed by atoms with van der Waals surface area (Å²) in [6.45, 7) is 6.99. The Balaban J connectivity index is 2.06. The molecule has 8 heteroatoms. The predicted octanol–water partition coefficient (Wildman–Crippen LogP) is 5.49. The zero-order valence-electron chi connectivity index (χ0n) is 15.1. The van der Waals surface area contributed by atoms with E-state index in [1.807, 2.05) is 0 Å². The van der Waals surface area contributed by atoms with E-state index in [0.29, 0.717) is 12.8 Å². The van der Waals surface area contributed by atoms with E-state index in [4.69, 9.17) is 21.1 Å². The molecule has 1 fully saturated rings. The molecule has 1 amide bonds. The zero-order chi connectivity index (χ0) is 19.7. The molecule has 26 heavy (non-hydrogen) atoms. The van der Waals surface area contributed by atoms with Gasteiger partial charge in [0.1, 0.15) is 5.60 Å². The summed E-state index contributed by atoms with van der Waals surface area (Å²) >= 11 is 5.72. The first kappa shape index (κ1) is 20.8. The van der Waals surface area contributed by atoms with Gasteiger partial charge >= 0.3 is 12.3 Å². The molecule has 2 rings (SSSR count). The Labute approximate surface area is 156 Å². The fraction of sp³-hybridized carbons (Fsp3) is 0.611. The summed E-state index contributed by atoms with van der Waals surface area (Å²) in [5, 5.41) is 2.70. The SMILES string of the molecule is C[C@H](NC(=O)OC(C)(C)C)[C@@H]1CC[C@H](c2ccc(Cl)cc2C(F)(F)F)O1. The minimum absolute atomic E-state index is 0.0237. The van der Waals surface area contributed by atoms with Gasteiger partial charge in [-0.3, -0.25) is 0 Å². The van der Waals surface area contributed by atoms with Crippen molar-refractivity contribution in [2.24, 2.45) is 0 Å². The fourth-order valence-corrected chi connectivity index (χ4v) is 3.07. The molecule has 0 radical (unpaired) electrons. The van der Waals surface area contributed by atoms with Gasteiger partial charge in [0.2, 0.25) is 0 Å². The number of rotatable bonds is 3. The van der Waals surface area contributed by atoms with Gasteiger partial charge in [-0.1, -0.05) is 17.7 Å². The lowest BCUT2D eigenvalue weighted by Gasteiger charge is -2.25. The van der Waals surface area contributed by atoms with Gasteiger partial charge in [-0.05, 0) is 58.2 Å². The third-order valence-corrected chi connectivity index (χ3v) is 4.26. The van der Waals surface area contributed by atoms with Crippen molar-refractivity contribution in [3.63, 3.8) is 0 Å². The van der Waals surface area contributed by atoms with E-state index >= 15 is 0 Å². The van der Waals surface area contributed by atoms with Gasteiger partial charge in [-0.2, -0.15) is 13.2 Å². The number of alkyl halides is 3. The Kier molecular flexibility index (Phi) is 6.13. The average molecular weight is 394 g/mol. The molecule has 3 atom stereocenters. The lowest BCUT2D eigenvalue weighted by molar-refractivity contribution is -0.139. The molecule has 0 aromatic heterocycles. The van der Waals surface area contributed by atoms with Crippen LogP contribution >= 0.6 is 11.6 Å². The third-order valence-electron chi connectivity index (χ3n) is 4.02. The van der Waals surface area contributed by atoms with E-state index in [0.717, 1.165) is 6.07 Å². The van der Waals surface area contributed by atoms with Gasteiger partial charge in [0, 0.05) is 5.02 Å². The number of hydrogen-bond acceptors (Lipinski definition) is 3. The summed E-state index contributed by atoms with van der Waals surface area (Å²) in [7, 11) is 0. The summed E-state index contributed by atoms with van der Waals surface area (Å²) in [4.78, 5) is 11.8. The number of ether oxygens (including phenoxy) is 2. The molecule has 0 unspecified atom stereocenters. The first-order valence-electron chi connectivity index (χ1n) is 8.38. The standard InChI is InChI=1S/C18H23ClF3NO3/c1-10(23-16(24)26-17(2,3)4)14-7-8-15(25-14)12-6-5-11(19)9-13(12)18(20,21)22/h5-6,9-10,14-15H,7-8H2,1-4H3,(H,23,24)/t10-,14-,15+/m0/s1. The van der Waals surface area contributed by atoms with Crippen molar-refractivity contribution >= 4 is 17.7 Å². The Morgan fingerprint density at radius 2 is 1.96 bits per heavy atom. The smallest absolute Gasteiger partial charge is 0.416 e. The predicted molar refractivity (Wildman–Crippen MR) is 92.1 cm³/mol. The summed E-state index contributed by atoms with van der Waals surface area (Å²) in [5.41, 5.74) is -1.36. The maximum Gasteiger partial charge on any atom is 0.416 e. The Morgan fingerprint density at radius 1 is 1.31 bits per heavy atom. The molecule has 1 saturated heterocycles. The van der Waals surface area contributed by atoms with Crippen molar-refractivity contribution in [2.75, 3.05) is 0 Å². The molecule has 146 valence electrons. The summed E-state index contributed by atoms with van der Waals surface area (Å²) in [5.74, 6) is 0. The highest BCUT2D eigenvalue weighted by atomic mass is 35.5. The molecule has 1 N–H and O–H groups in total. The molecule has 1 aliphatic heterocycles. The van der Waals surface area contributed by atoms with Crippen LogP contribution in [0.15, 0.2) is 18.2 Å². The monoisotopic (exact) mass is 393 g/mol. The number of hydrogen-bond donors (Lipinski definition) is 1. The van der Waals surface area contributed by atoms with Crippen molar-refractivity contribution in [1.29, 1.82) is 0 Å².